The summed E-state index contributed by atoms with van der Waals surface area (Å²) in [6.45, 7) is 0. The van der Waals surface area contributed by atoms with Crippen molar-refractivity contribution in [2.45, 2.75) is 0 Å². The van der Waals surface area contributed by atoms with E-state index in [2.05, 4.69) is 43.2 Å². The number of hydrogen-bond donors (Lipinski definition) is 2. The second kappa shape index (κ2) is 5.42. The molecule has 0 saturated heterocycles. The summed E-state index contributed by atoms with van der Waals surface area (Å²) in [6.07, 6.45) is 0. The summed E-state index contributed by atoms with van der Waals surface area (Å²) < 4.78 is 1.90. The maximum absolute atomic E-state index is 8.93. The number of benzene rings is 2. The first-order chi connectivity index (χ1) is 8.61. The van der Waals surface area contributed by atoms with E-state index in [1.165, 1.54) is 0 Å². The molecule has 2 aromatic carbocycles. The van der Waals surface area contributed by atoms with Gasteiger partial charge in [0.25, 0.3) is 0 Å². The predicted molar refractivity (Wildman–Crippen MR) is 80.7 cm³/mol. The number of nitriles is 1. The van der Waals surface area contributed by atoms with Gasteiger partial charge in [-0.1, -0.05) is 22.0 Å². The van der Waals surface area contributed by atoms with Crippen molar-refractivity contribution < 1.29 is 0 Å². The van der Waals surface area contributed by atoms with Crippen LogP contribution in [0.15, 0.2) is 45.3 Å². The minimum Gasteiger partial charge on any atom is -0.396 e. The molecule has 0 atom stereocenters. The Bertz CT molecular complexity index is 633. The number of anilines is 3. The molecular formula is C13H9Br2N3. The van der Waals surface area contributed by atoms with E-state index in [0.717, 1.165) is 20.3 Å². The molecule has 2 aromatic rings. The second-order valence-corrected chi connectivity index (χ2v) is 5.40. The molecule has 0 fully saturated rings. The lowest BCUT2D eigenvalue weighted by Gasteiger charge is -2.11. The number of nitrogens with two attached hydrogens (primary N) is 1. The van der Waals surface area contributed by atoms with Gasteiger partial charge in [-0.05, 0) is 46.3 Å². The van der Waals surface area contributed by atoms with Gasteiger partial charge in [0.2, 0.25) is 0 Å². The highest BCUT2D eigenvalue weighted by molar-refractivity contribution is 9.11. The van der Waals surface area contributed by atoms with Gasteiger partial charge in [0, 0.05) is 8.95 Å². The highest BCUT2D eigenvalue weighted by Crippen LogP contribution is 2.31. The monoisotopic (exact) mass is 365 g/mol. The Balaban J connectivity index is 2.38. The van der Waals surface area contributed by atoms with Crippen LogP contribution in [0.3, 0.4) is 0 Å². The molecule has 0 amide bonds. The summed E-state index contributed by atoms with van der Waals surface area (Å²) >= 11 is 6.86. The van der Waals surface area contributed by atoms with E-state index in [9.17, 15) is 0 Å². The molecule has 3 nitrogen and oxygen atoms in total. The van der Waals surface area contributed by atoms with Crippen LogP contribution in [-0.2, 0) is 0 Å². The molecule has 0 radical (unpaired) electrons. The van der Waals surface area contributed by atoms with E-state index in [0.29, 0.717) is 11.3 Å². The number of nitrogen functional groups attached to an aromatic ring is 1. The predicted octanol–water partition coefficient (Wildman–Crippen LogP) is 4.41. The fraction of sp³-hybridized carbons (Fsp3) is 0. The molecular weight excluding hydrogens is 358 g/mol. The number of nitrogens with zero attached hydrogens (tertiary/aromatic N) is 1. The number of rotatable bonds is 2. The van der Waals surface area contributed by atoms with Crippen molar-refractivity contribution in [1.29, 1.82) is 5.26 Å². The molecule has 0 spiro atoms. The quantitative estimate of drug-likeness (QED) is 0.774. The molecule has 3 N–H and O–H groups in total. The molecule has 0 bridgehead atoms. The zero-order chi connectivity index (χ0) is 13.1. The summed E-state index contributed by atoms with van der Waals surface area (Å²) in [6, 6.07) is 13.2. The summed E-state index contributed by atoms with van der Waals surface area (Å²) in [4.78, 5) is 0. The lowest BCUT2D eigenvalue weighted by Crippen LogP contribution is -1.99. The topological polar surface area (TPSA) is 61.8 Å². The number of nitrogens with one attached hydrogen (secondary N) is 1. The number of hydrogen-bond acceptors (Lipinski definition) is 3. The summed E-state index contributed by atoms with van der Waals surface area (Å²) in [5, 5.41) is 12.1. The smallest absolute Gasteiger partial charge is 0.101 e. The van der Waals surface area contributed by atoms with Crippen molar-refractivity contribution in [3.05, 3.63) is 50.9 Å². The third-order valence-corrected chi connectivity index (χ3v) is 3.58. The lowest BCUT2D eigenvalue weighted by atomic mass is 10.1. The molecule has 5 heteroatoms. The molecule has 0 aliphatic rings. The highest BCUT2D eigenvalue weighted by atomic mass is 79.9. The zero-order valence-electron chi connectivity index (χ0n) is 9.24. The highest BCUT2D eigenvalue weighted by Gasteiger charge is 2.06. The van der Waals surface area contributed by atoms with Gasteiger partial charge in [0.1, 0.15) is 6.07 Å². The standard InChI is InChI=1S/C13H9Br2N3/c14-9-4-5-11(10(15)6-9)18-12-3-1-2-8(7-16)13(12)17/h1-6,18H,17H2. The second-order valence-electron chi connectivity index (χ2n) is 3.63. The van der Waals surface area contributed by atoms with Gasteiger partial charge in [-0.2, -0.15) is 5.26 Å². The third-order valence-electron chi connectivity index (χ3n) is 2.43. The third kappa shape index (κ3) is 2.66. The average molecular weight is 367 g/mol. The van der Waals surface area contributed by atoms with E-state index in [-0.39, 0.29) is 0 Å². The SMILES string of the molecule is N#Cc1cccc(Nc2ccc(Br)cc2Br)c1N. The van der Waals surface area contributed by atoms with E-state index in [1.807, 2.05) is 24.3 Å². The van der Waals surface area contributed by atoms with Gasteiger partial charge in [0.05, 0.1) is 22.6 Å². The largest absolute Gasteiger partial charge is 0.396 e. The van der Waals surface area contributed by atoms with Crippen LogP contribution in [0.1, 0.15) is 5.56 Å². The fourth-order valence-corrected chi connectivity index (χ4v) is 2.65. The van der Waals surface area contributed by atoms with Crippen molar-refractivity contribution in [3.63, 3.8) is 0 Å². The van der Waals surface area contributed by atoms with E-state index >= 15 is 0 Å². The molecule has 0 unspecified atom stereocenters. The van der Waals surface area contributed by atoms with Crippen LogP contribution >= 0.6 is 31.9 Å². The minimum absolute atomic E-state index is 0.454. The maximum atomic E-state index is 8.93. The molecule has 0 aromatic heterocycles. The van der Waals surface area contributed by atoms with Crippen LogP contribution < -0.4 is 11.1 Å². The molecule has 0 aliphatic heterocycles. The first-order valence-corrected chi connectivity index (χ1v) is 6.71. The van der Waals surface area contributed by atoms with Gasteiger partial charge in [-0.15, -0.1) is 0 Å². The average Bonchev–Trinajstić information content (AvgIpc) is 2.35. The number of para-hydroxylation sites is 1. The molecule has 18 heavy (non-hydrogen) atoms. The van der Waals surface area contributed by atoms with Crippen LogP contribution in [0.2, 0.25) is 0 Å². The summed E-state index contributed by atoms with van der Waals surface area (Å²) in [5.41, 5.74) is 8.44. The van der Waals surface area contributed by atoms with Crippen LogP contribution in [0.4, 0.5) is 17.1 Å². The molecule has 0 heterocycles. The van der Waals surface area contributed by atoms with Crippen LogP contribution in [0.5, 0.6) is 0 Å². The molecule has 0 aliphatic carbocycles. The Labute approximate surface area is 122 Å². The maximum Gasteiger partial charge on any atom is 0.101 e. The van der Waals surface area contributed by atoms with Crippen molar-refractivity contribution in [2.75, 3.05) is 11.1 Å². The normalized spacial score (nSPS) is 9.83. The van der Waals surface area contributed by atoms with E-state index < -0.39 is 0 Å². The minimum atomic E-state index is 0.454. The number of halogens is 2. The zero-order valence-corrected chi connectivity index (χ0v) is 12.4. The van der Waals surface area contributed by atoms with Crippen LogP contribution in [0.25, 0.3) is 0 Å². The lowest BCUT2D eigenvalue weighted by molar-refractivity contribution is 1.46. The Hall–Kier alpha value is -1.51. The van der Waals surface area contributed by atoms with Crippen LogP contribution in [0, 0.1) is 11.3 Å². The van der Waals surface area contributed by atoms with Gasteiger partial charge < -0.3 is 11.1 Å². The molecule has 0 saturated carbocycles. The molecule has 90 valence electrons. The van der Waals surface area contributed by atoms with Crippen molar-refractivity contribution in [2.24, 2.45) is 0 Å². The summed E-state index contributed by atoms with van der Waals surface area (Å²) in [7, 11) is 0. The Morgan fingerprint density at radius 3 is 2.56 bits per heavy atom. The molecule has 2 rings (SSSR count). The Morgan fingerprint density at radius 1 is 1.11 bits per heavy atom. The first kappa shape index (κ1) is 12.9. The van der Waals surface area contributed by atoms with Crippen molar-refractivity contribution >= 4 is 48.9 Å². The van der Waals surface area contributed by atoms with Gasteiger partial charge >= 0.3 is 0 Å². The fourth-order valence-electron chi connectivity index (χ4n) is 1.51. The van der Waals surface area contributed by atoms with E-state index in [4.69, 9.17) is 11.0 Å². The van der Waals surface area contributed by atoms with Gasteiger partial charge in [-0.25, -0.2) is 0 Å². The van der Waals surface area contributed by atoms with E-state index in [1.54, 1.807) is 12.1 Å². The van der Waals surface area contributed by atoms with Gasteiger partial charge in [-0.3, -0.25) is 0 Å². The Morgan fingerprint density at radius 2 is 1.89 bits per heavy atom. The Kier molecular flexibility index (Phi) is 3.90. The van der Waals surface area contributed by atoms with Crippen molar-refractivity contribution in [3.8, 4) is 6.07 Å². The van der Waals surface area contributed by atoms with Crippen LogP contribution in [-0.4, -0.2) is 0 Å². The van der Waals surface area contributed by atoms with Crippen molar-refractivity contribution in [1.82, 2.24) is 0 Å². The van der Waals surface area contributed by atoms with Gasteiger partial charge in [0.15, 0.2) is 0 Å². The summed E-state index contributed by atoms with van der Waals surface area (Å²) in [5.74, 6) is 0. The first-order valence-electron chi connectivity index (χ1n) is 5.12.